The Morgan fingerprint density at radius 2 is 2.00 bits per heavy atom. The molecule has 2 amide bonds. The van der Waals surface area contributed by atoms with Crippen molar-refractivity contribution in [2.45, 2.75) is 53.2 Å². The van der Waals surface area contributed by atoms with Crippen molar-refractivity contribution in [1.29, 1.82) is 0 Å². The summed E-state index contributed by atoms with van der Waals surface area (Å²) in [5.41, 5.74) is 3.09. The maximum absolute atomic E-state index is 12.3. The minimum atomic E-state index is -0.129. The second kappa shape index (κ2) is 10.4. The van der Waals surface area contributed by atoms with Gasteiger partial charge in [-0.2, -0.15) is 5.10 Å². The van der Waals surface area contributed by atoms with Crippen LogP contribution >= 0.6 is 0 Å². The number of ether oxygens (including phenoxy) is 1. The first kappa shape index (κ1) is 21.4. The Morgan fingerprint density at radius 1 is 1.32 bits per heavy atom. The topological polar surface area (TPSA) is 71.4 Å². The zero-order chi connectivity index (χ0) is 19.0. The van der Waals surface area contributed by atoms with E-state index in [-0.39, 0.29) is 12.1 Å². The average molecular weight is 354 g/mol. The Balaban J connectivity index is 2.61. The molecule has 7 heteroatoms. The first-order chi connectivity index (χ1) is 11.7. The standard InChI is InChI=1S/C18H35N5O2/c1-13(2)10-16(12-22(5)6)20-18(24)19-11-17-14(3)21-23(15(17)4)8-9-25-7/h13,16H,8-12H2,1-7H3,(H2,19,20,24). The number of hydrogen-bond donors (Lipinski definition) is 2. The van der Waals surface area contributed by atoms with Crippen LogP contribution in [0.25, 0.3) is 0 Å². The number of carbonyl (C=O) groups excluding carboxylic acids is 1. The predicted octanol–water partition coefficient (Wildman–Crippen LogP) is 1.92. The molecule has 2 N–H and O–H groups in total. The van der Waals surface area contributed by atoms with Crippen LogP contribution in [0.4, 0.5) is 4.79 Å². The van der Waals surface area contributed by atoms with Gasteiger partial charge in [-0.05, 0) is 40.3 Å². The van der Waals surface area contributed by atoms with E-state index in [0.29, 0.717) is 25.6 Å². The molecule has 1 unspecified atom stereocenters. The number of hydrogen-bond acceptors (Lipinski definition) is 4. The molecular weight excluding hydrogens is 318 g/mol. The van der Waals surface area contributed by atoms with Crippen LogP contribution in [0, 0.1) is 19.8 Å². The summed E-state index contributed by atoms with van der Waals surface area (Å²) in [5, 5.41) is 10.6. The summed E-state index contributed by atoms with van der Waals surface area (Å²) in [4.78, 5) is 14.4. The van der Waals surface area contributed by atoms with Crippen LogP contribution in [0.1, 0.15) is 37.2 Å². The van der Waals surface area contributed by atoms with Gasteiger partial charge < -0.3 is 20.3 Å². The molecule has 0 bridgehead atoms. The Bertz CT molecular complexity index is 530. The summed E-state index contributed by atoms with van der Waals surface area (Å²) < 4.78 is 7.04. The normalized spacial score (nSPS) is 12.7. The lowest BCUT2D eigenvalue weighted by atomic mass is 10.0. The number of nitrogens with zero attached hydrogens (tertiary/aromatic N) is 3. The minimum absolute atomic E-state index is 0.129. The Hall–Kier alpha value is -1.60. The van der Waals surface area contributed by atoms with Crippen molar-refractivity contribution in [1.82, 2.24) is 25.3 Å². The number of aryl methyl sites for hydroxylation is 1. The van der Waals surface area contributed by atoms with Gasteiger partial charge in [-0.25, -0.2) is 4.79 Å². The molecule has 0 aliphatic heterocycles. The smallest absolute Gasteiger partial charge is 0.315 e. The van der Waals surface area contributed by atoms with E-state index in [1.54, 1.807) is 7.11 Å². The maximum Gasteiger partial charge on any atom is 0.315 e. The monoisotopic (exact) mass is 353 g/mol. The van der Waals surface area contributed by atoms with E-state index in [2.05, 4.69) is 34.5 Å². The van der Waals surface area contributed by atoms with Crippen LogP contribution in [-0.4, -0.2) is 61.1 Å². The zero-order valence-electron chi connectivity index (χ0n) is 16.8. The van der Waals surface area contributed by atoms with Gasteiger partial charge in [-0.15, -0.1) is 0 Å². The molecule has 0 saturated heterocycles. The van der Waals surface area contributed by atoms with Crippen LogP contribution in [0.15, 0.2) is 0 Å². The van der Waals surface area contributed by atoms with Crippen molar-refractivity contribution in [2.75, 3.05) is 34.4 Å². The molecular formula is C18H35N5O2. The number of nitrogens with one attached hydrogen (secondary N) is 2. The summed E-state index contributed by atoms with van der Waals surface area (Å²) in [6.07, 6.45) is 0.957. The van der Waals surface area contributed by atoms with Crippen molar-refractivity contribution in [2.24, 2.45) is 5.92 Å². The number of rotatable bonds is 10. The largest absolute Gasteiger partial charge is 0.383 e. The van der Waals surface area contributed by atoms with Gasteiger partial charge in [0.05, 0.1) is 18.8 Å². The Morgan fingerprint density at radius 3 is 2.56 bits per heavy atom. The van der Waals surface area contributed by atoms with Gasteiger partial charge in [0.2, 0.25) is 0 Å². The molecule has 1 heterocycles. The Labute approximate surface area is 152 Å². The molecule has 0 aromatic carbocycles. The highest BCUT2D eigenvalue weighted by Gasteiger charge is 2.16. The number of likely N-dealkylation sites (N-methyl/N-ethyl adjacent to an activating group) is 1. The second-order valence-corrected chi connectivity index (χ2v) is 7.28. The molecule has 7 nitrogen and oxygen atoms in total. The first-order valence-corrected chi connectivity index (χ1v) is 8.95. The SMILES string of the molecule is COCCn1nc(C)c(CNC(=O)NC(CC(C)C)CN(C)C)c1C. The molecule has 1 atom stereocenters. The number of aromatic nitrogens is 2. The summed E-state index contributed by atoms with van der Waals surface area (Å²) in [6.45, 7) is 11.0. The van der Waals surface area contributed by atoms with Gasteiger partial charge in [0.15, 0.2) is 0 Å². The summed E-state index contributed by atoms with van der Waals surface area (Å²) in [5.74, 6) is 0.536. The van der Waals surface area contributed by atoms with Gasteiger partial charge in [0, 0.05) is 37.5 Å². The molecule has 1 aromatic rings. The molecule has 0 spiro atoms. The molecule has 1 rings (SSSR count). The lowest BCUT2D eigenvalue weighted by Crippen LogP contribution is -2.46. The van der Waals surface area contributed by atoms with Crippen molar-refractivity contribution >= 4 is 6.03 Å². The predicted molar refractivity (Wildman–Crippen MR) is 101 cm³/mol. The van der Waals surface area contributed by atoms with E-state index in [0.717, 1.165) is 29.9 Å². The molecule has 144 valence electrons. The van der Waals surface area contributed by atoms with E-state index in [1.807, 2.05) is 32.6 Å². The van der Waals surface area contributed by atoms with Gasteiger partial charge in [0.25, 0.3) is 0 Å². The summed E-state index contributed by atoms with van der Waals surface area (Å²) >= 11 is 0. The van der Waals surface area contributed by atoms with Crippen LogP contribution in [-0.2, 0) is 17.8 Å². The fourth-order valence-electron chi connectivity index (χ4n) is 2.98. The zero-order valence-corrected chi connectivity index (χ0v) is 16.8. The number of carbonyl (C=O) groups is 1. The number of urea groups is 1. The van der Waals surface area contributed by atoms with Crippen LogP contribution in [0.5, 0.6) is 0 Å². The highest BCUT2D eigenvalue weighted by atomic mass is 16.5. The van der Waals surface area contributed by atoms with E-state index < -0.39 is 0 Å². The maximum atomic E-state index is 12.3. The lowest BCUT2D eigenvalue weighted by molar-refractivity contribution is 0.182. The third-order valence-electron chi connectivity index (χ3n) is 4.14. The minimum Gasteiger partial charge on any atom is -0.383 e. The van der Waals surface area contributed by atoms with E-state index in [4.69, 9.17) is 4.74 Å². The Kier molecular flexibility index (Phi) is 8.92. The lowest BCUT2D eigenvalue weighted by Gasteiger charge is -2.24. The van der Waals surface area contributed by atoms with Crippen molar-refractivity contribution in [3.63, 3.8) is 0 Å². The quantitative estimate of drug-likeness (QED) is 0.674. The molecule has 0 aliphatic carbocycles. The van der Waals surface area contributed by atoms with Crippen molar-refractivity contribution in [3.05, 3.63) is 17.0 Å². The molecule has 1 aromatic heterocycles. The van der Waals surface area contributed by atoms with Gasteiger partial charge in [-0.1, -0.05) is 13.8 Å². The summed E-state index contributed by atoms with van der Waals surface area (Å²) in [7, 11) is 5.72. The fourth-order valence-corrected chi connectivity index (χ4v) is 2.98. The van der Waals surface area contributed by atoms with E-state index in [1.165, 1.54) is 0 Å². The van der Waals surface area contributed by atoms with Crippen LogP contribution in [0.2, 0.25) is 0 Å². The number of methoxy groups -OCH3 is 1. The molecule has 0 saturated carbocycles. The molecule has 0 fully saturated rings. The van der Waals surface area contributed by atoms with Gasteiger partial charge in [-0.3, -0.25) is 4.68 Å². The first-order valence-electron chi connectivity index (χ1n) is 8.95. The number of amides is 2. The highest BCUT2D eigenvalue weighted by Crippen LogP contribution is 2.13. The van der Waals surface area contributed by atoms with E-state index in [9.17, 15) is 4.79 Å². The van der Waals surface area contributed by atoms with Crippen LogP contribution < -0.4 is 10.6 Å². The molecule has 25 heavy (non-hydrogen) atoms. The van der Waals surface area contributed by atoms with Crippen molar-refractivity contribution < 1.29 is 9.53 Å². The van der Waals surface area contributed by atoms with Gasteiger partial charge >= 0.3 is 6.03 Å². The van der Waals surface area contributed by atoms with E-state index >= 15 is 0 Å². The van der Waals surface area contributed by atoms with Crippen molar-refractivity contribution in [3.8, 4) is 0 Å². The summed E-state index contributed by atoms with van der Waals surface area (Å²) in [6, 6.07) is 0.0116. The molecule has 0 radical (unpaired) electrons. The highest BCUT2D eigenvalue weighted by molar-refractivity contribution is 5.74. The third-order valence-corrected chi connectivity index (χ3v) is 4.14. The fraction of sp³-hybridized carbons (Fsp3) is 0.778. The molecule has 0 aliphatic rings. The average Bonchev–Trinajstić information content (AvgIpc) is 2.75. The van der Waals surface area contributed by atoms with Crippen LogP contribution in [0.3, 0.4) is 0 Å². The second-order valence-electron chi connectivity index (χ2n) is 7.28. The third kappa shape index (κ3) is 7.44. The van der Waals surface area contributed by atoms with Gasteiger partial charge in [0.1, 0.15) is 0 Å².